The number of hydrogen-bond acceptors (Lipinski definition) is 4. The van der Waals surface area contributed by atoms with Crippen molar-refractivity contribution in [3.63, 3.8) is 0 Å². The average molecular weight is 289 g/mol. The summed E-state index contributed by atoms with van der Waals surface area (Å²) in [5.74, 6) is 1.63. The van der Waals surface area contributed by atoms with Crippen molar-refractivity contribution in [3.8, 4) is 0 Å². The molecule has 1 aliphatic heterocycles. The molecule has 0 bridgehead atoms. The summed E-state index contributed by atoms with van der Waals surface area (Å²) in [6, 6.07) is 0.553. The summed E-state index contributed by atoms with van der Waals surface area (Å²) < 4.78 is 0. The van der Waals surface area contributed by atoms with Gasteiger partial charge in [-0.3, -0.25) is 4.90 Å². The van der Waals surface area contributed by atoms with Crippen molar-refractivity contribution in [1.82, 2.24) is 4.90 Å². The predicted molar refractivity (Wildman–Crippen MR) is 83.8 cm³/mol. The highest BCUT2D eigenvalue weighted by atomic mass is 32.1. The molecule has 1 aliphatic rings. The highest BCUT2D eigenvalue weighted by Gasteiger charge is 2.30. The van der Waals surface area contributed by atoms with Gasteiger partial charge in [-0.25, -0.2) is 0 Å². The van der Waals surface area contributed by atoms with Crippen molar-refractivity contribution in [2.75, 3.05) is 18.8 Å². The van der Waals surface area contributed by atoms with E-state index in [1.54, 1.807) is 0 Å². The monoisotopic (exact) mass is 289 g/mol. The number of aliphatic hydroxyl groups is 2. The number of β-amino-alcohol motifs (C(OH)–C–C–N with tert-alkyl or cyclic N) is 1. The Labute approximate surface area is 123 Å². The number of nitrogens with zero attached hydrogens (tertiary/aromatic N) is 1. The van der Waals surface area contributed by atoms with Crippen LogP contribution < -0.4 is 0 Å². The van der Waals surface area contributed by atoms with E-state index in [2.05, 4.69) is 31.4 Å². The smallest absolute Gasteiger partial charge is 0.0926 e. The number of rotatable bonds is 8. The van der Waals surface area contributed by atoms with Gasteiger partial charge in [0.05, 0.1) is 12.2 Å². The van der Waals surface area contributed by atoms with Crippen molar-refractivity contribution >= 4 is 12.6 Å². The summed E-state index contributed by atoms with van der Waals surface area (Å²) in [6.07, 6.45) is 5.61. The molecule has 4 atom stereocenters. The summed E-state index contributed by atoms with van der Waals surface area (Å²) in [5.41, 5.74) is 0. The van der Waals surface area contributed by atoms with E-state index in [4.69, 9.17) is 0 Å². The van der Waals surface area contributed by atoms with Crippen LogP contribution in [0.4, 0.5) is 0 Å². The summed E-state index contributed by atoms with van der Waals surface area (Å²) in [7, 11) is 0. The first kappa shape index (κ1) is 17.3. The van der Waals surface area contributed by atoms with Crippen LogP contribution in [-0.4, -0.2) is 52.2 Å². The van der Waals surface area contributed by atoms with Crippen molar-refractivity contribution in [1.29, 1.82) is 0 Å². The largest absolute Gasteiger partial charge is 0.390 e. The molecule has 0 radical (unpaired) electrons. The quantitative estimate of drug-likeness (QED) is 0.601. The van der Waals surface area contributed by atoms with Crippen LogP contribution in [0.1, 0.15) is 52.4 Å². The van der Waals surface area contributed by atoms with E-state index >= 15 is 0 Å². The second-order valence-electron chi connectivity index (χ2n) is 6.07. The molecular weight excluding hydrogens is 258 g/mol. The van der Waals surface area contributed by atoms with Crippen LogP contribution >= 0.6 is 12.6 Å². The third kappa shape index (κ3) is 6.03. The fourth-order valence-corrected chi connectivity index (χ4v) is 3.41. The number of likely N-dealkylation sites (tertiary alicyclic amines) is 1. The Bertz CT molecular complexity index is 240. The summed E-state index contributed by atoms with van der Waals surface area (Å²) >= 11 is 4.32. The number of unbranched alkanes of at least 4 members (excludes halogenated alkanes) is 1. The van der Waals surface area contributed by atoms with E-state index in [1.165, 1.54) is 25.7 Å². The molecule has 4 unspecified atom stereocenters. The minimum absolute atomic E-state index is 0.530. The lowest BCUT2D eigenvalue weighted by Crippen LogP contribution is -2.51. The number of aliphatic hydroxyl groups excluding tert-OH is 2. The highest BCUT2D eigenvalue weighted by molar-refractivity contribution is 7.80. The molecule has 4 heteroatoms. The molecule has 1 rings (SSSR count). The van der Waals surface area contributed by atoms with Gasteiger partial charge in [0.1, 0.15) is 0 Å². The van der Waals surface area contributed by atoms with Gasteiger partial charge in [-0.15, -0.1) is 0 Å². The van der Waals surface area contributed by atoms with Crippen molar-refractivity contribution in [2.24, 2.45) is 5.92 Å². The summed E-state index contributed by atoms with van der Waals surface area (Å²) in [5, 5.41) is 19.5. The average Bonchev–Trinajstić information content (AvgIpc) is 2.38. The van der Waals surface area contributed by atoms with Gasteiger partial charge in [0, 0.05) is 19.1 Å². The van der Waals surface area contributed by atoms with E-state index in [0.29, 0.717) is 24.9 Å². The molecule has 0 aromatic rings. The maximum absolute atomic E-state index is 9.86. The van der Waals surface area contributed by atoms with Gasteiger partial charge in [-0.1, -0.05) is 26.7 Å². The first-order valence-corrected chi connectivity index (χ1v) is 8.42. The molecule has 0 saturated carbocycles. The Hall–Kier alpha value is 0.230. The topological polar surface area (TPSA) is 43.7 Å². The molecule has 1 saturated heterocycles. The van der Waals surface area contributed by atoms with E-state index in [1.807, 2.05) is 0 Å². The molecule has 1 heterocycles. The van der Waals surface area contributed by atoms with E-state index in [-0.39, 0.29) is 0 Å². The normalized spacial score (nSPS) is 28.3. The zero-order chi connectivity index (χ0) is 14.3. The Morgan fingerprint density at radius 2 is 2.00 bits per heavy atom. The third-order valence-electron chi connectivity index (χ3n) is 4.28. The lowest BCUT2D eigenvalue weighted by Gasteiger charge is -2.39. The fourth-order valence-electron chi connectivity index (χ4n) is 2.97. The van der Waals surface area contributed by atoms with Crippen molar-refractivity contribution in [2.45, 2.75) is 70.6 Å². The van der Waals surface area contributed by atoms with Crippen molar-refractivity contribution < 1.29 is 10.2 Å². The zero-order valence-corrected chi connectivity index (χ0v) is 13.4. The first-order valence-electron chi connectivity index (χ1n) is 7.79. The molecule has 2 N–H and O–H groups in total. The molecule has 0 spiro atoms. The van der Waals surface area contributed by atoms with Crippen LogP contribution in [-0.2, 0) is 0 Å². The van der Waals surface area contributed by atoms with Gasteiger partial charge >= 0.3 is 0 Å². The van der Waals surface area contributed by atoms with Crippen LogP contribution in [0, 0.1) is 5.92 Å². The zero-order valence-electron chi connectivity index (χ0n) is 12.5. The maximum Gasteiger partial charge on any atom is 0.0926 e. The lowest BCUT2D eigenvalue weighted by molar-refractivity contribution is -0.0525. The van der Waals surface area contributed by atoms with Crippen molar-refractivity contribution in [3.05, 3.63) is 0 Å². The molecule has 1 fully saturated rings. The fraction of sp³-hybridized carbons (Fsp3) is 1.00. The number of piperidine rings is 1. The second kappa shape index (κ2) is 9.22. The molecule has 0 aromatic heterocycles. The van der Waals surface area contributed by atoms with Crippen LogP contribution in [0.5, 0.6) is 0 Å². The minimum Gasteiger partial charge on any atom is -0.390 e. The summed E-state index contributed by atoms with van der Waals surface area (Å²) in [4.78, 5) is 2.39. The SMILES string of the molecule is CCCCC(CC(C)CCS)N1CCC(O)C(O)C1. The van der Waals surface area contributed by atoms with E-state index in [9.17, 15) is 10.2 Å². The summed E-state index contributed by atoms with van der Waals surface area (Å²) in [6.45, 7) is 6.07. The van der Waals surface area contributed by atoms with Gasteiger partial charge in [0.15, 0.2) is 0 Å². The molecule has 0 aliphatic carbocycles. The third-order valence-corrected chi connectivity index (χ3v) is 4.54. The molecule has 3 nitrogen and oxygen atoms in total. The second-order valence-corrected chi connectivity index (χ2v) is 6.51. The van der Waals surface area contributed by atoms with Gasteiger partial charge in [-0.05, 0) is 37.4 Å². The molecule has 0 amide bonds. The molecule has 0 aromatic carbocycles. The Morgan fingerprint density at radius 3 is 2.58 bits per heavy atom. The maximum atomic E-state index is 9.86. The minimum atomic E-state index is -0.571. The van der Waals surface area contributed by atoms with E-state index < -0.39 is 12.2 Å². The number of hydrogen-bond donors (Lipinski definition) is 3. The predicted octanol–water partition coefficient (Wildman–Crippen LogP) is 2.32. The standard InChI is InChI=1S/C15H31NO2S/c1-3-4-5-13(10-12(2)7-9-19)16-8-6-14(17)15(18)11-16/h12-15,17-19H,3-11H2,1-2H3. The van der Waals surface area contributed by atoms with E-state index in [0.717, 1.165) is 18.7 Å². The molecular formula is C15H31NO2S. The Balaban J connectivity index is 2.52. The van der Waals surface area contributed by atoms with Crippen LogP contribution in [0.25, 0.3) is 0 Å². The van der Waals surface area contributed by atoms with Gasteiger partial charge in [-0.2, -0.15) is 12.6 Å². The Kier molecular flexibility index (Phi) is 8.38. The van der Waals surface area contributed by atoms with Crippen LogP contribution in [0.2, 0.25) is 0 Å². The Morgan fingerprint density at radius 1 is 1.26 bits per heavy atom. The first-order chi connectivity index (χ1) is 9.08. The lowest BCUT2D eigenvalue weighted by atomic mass is 9.92. The molecule has 19 heavy (non-hydrogen) atoms. The molecule has 114 valence electrons. The van der Waals surface area contributed by atoms with Gasteiger partial charge in [0.2, 0.25) is 0 Å². The van der Waals surface area contributed by atoms with Gasteiger partial charge < -0.3 is 10.2 Å². The highest BCUT2D eigenvalue weighted by Crippen LogP contribution is 2.23. The van der Waals surface area contributed by atoms with Crippen LogP contribution in [0.3, 0.4) is 0 Å². The van der Waals surface area contributed by atoms with Gasteiger partial charge in [0.25, 0.3) is 0 Å². The van der Waals surface area contributed by atoms with Crippen LogP contribution in [0.15, 0.2) is 0 Å². The number of thiol groups is 1.